The lowest BCUT2D eigenvalue weighted by Crippen LogP contribution is -2.33. The summed E-state index contributed by atoms with van der Waals surface area (Å²) in [6.45, 7) is 6.13. The summed E-state index contributed by atoms with van der Waals surface area (Å²) in [6, 6.07) is 11.4. The zero-order valence-corrected chi connectivity index (χ0v) is 13.3. The Kier molecular flexibility index (Phi) is 4.06. The van der Waals surface area contributed by atoms with Gasteiger partial charge >= 0.3 is 0 Å². The van der Waals surface area contributed by atoms with Gasteiger partial charge in [0.1, 0.15) is 5.82 Å². The Morgan fingerprint density at radius 2 is 1.68 bits per heavy atom. The summed E-state index contributed by atoms with van der Waals surface area (Å²) >= 11 is 0. The van der Waals surface area contributed by atoms with Crippen molar-refractivity contribution in [2.24, 2.45) is 0 Å². The van der Waals surface area contributed by atoms with Crippen LogP contribution in [0.5, 0.6) is 0 Å². The minimum Gasteiger partial charge on any atom is -0.398 e. The third-order valence-electron chi connectivity index (χ3n) is 4.76. The Morgan fingerprint density at radius 3 is 2.27 bits per heavy atom. The molecule has 0 radical (unpaired) electrons. The lowest BCUT2D eigenvalue weighted by atomic mass is 9.89. The minimum absolute atomic E-state index is 0.135. The smallest absolute Gasteiger partial charge is 0.123 e. The van der Waals surface area contributed by atoms with E-state index >= 15 is 0 Å². The number of benzene rings is 2. The van der Waals surface area contributed by atoms with Gasteiger partial charge in [-0.15, -0.1) is 0 Å². The number of nitrogens with zero attached hydrogens (tertiary/aromatic N) is 1. The standard InChI is InChI=1S/C19H23FN2/c1-13-10-18(11-14(2)19(13)21)22-8-6-15(7-9-22)16-4-3-5-17(20)12-16/h3-5,10-12,15H,6-9,21H2,1-2H3. The van der Waals surface area contributed by atoms with Crippen molar-refractivity contribution in [3.8, 4) is 0 Å². The normalized spacial score (nSPS) is 16.0. The molecule has 1 fully saturated rings. The first-order valence-corrected chi connectivity index (χ1v) is 7.91. The lowest BCUT2D eigenvalue weighted by molar-refractivity contribution is 0.502. The maximum Gasteiger partial charge on any atom is 0.123 e. The molecule has 1 saturated heterocycles. The van der Waals surface area contributed by atoms with Crippen LogP contribution in [-0.2, 0) is 0 Å². The fraction of sp³-hybridized carbons (Fsp3) is 0.368. The first-order valence-electron chi connectivity index (χ1n) is 7.91. The highest BCUT2D eigenvalue weighted by molar-refractivity contribution is 5.63. The number of nitrogen functional groups attached to an aromatic ring is 1. The quantitative estimate of drug-likeness (QED) is 0.832. The van der Waals surface area contributed by atoms with Gasteiger partial charge < -0.3 is 10.6 Å². The summed E-state index contributed by atoms with van der Waals surface area (Å²) in [5, 5.41) is 0. The van der Waals surface area contributed by atoms with Gasteiger partial charge in [0.05, 0.1) is 0 Å². The first kappa shape index (κ1) is 14.9. The molecule has 2 aromatic carbocycles. The van der Waals surface area contributed by atoms with Crippen LogP contribution in [0.15, 0.2) is 36.4 Å². The Balaban J connectivity index is 1.72. The van der Waals surface area contributed by atoms with E-state index in [0.29, 0.717) is 5.92 Å². The molecule has 22 heavy (non-hydrogen) atoms. The zero-order valence-electron chi connectivity index (χ0n) is 13.3. The van der Waals surface area contributed by atoms with Crippen molar-refractivity contribution < 1.29 is 4.39 Å². The maximum absolute atomic E-state index is 13.4. The molecule has 3 heteroatoms. The summed E-state index contributed by atoms with van der Waals surface area (Å²) < 4.78 is 13.4. The van der Waals surface area contributed by atoms with Crippen molar-refractivity contribution in [3.05, 3.63) is 58.9 Å². The second kappa shape index (κ2) is 5.99. The topological polar surface area (TPSA) is 29.3 Å². The highest BCUT2D eigenvalue weighted by Gasteiger charge is 2.21. The van der Waals surface area contributed by atoms with Crippen molar-refractivity contribution in [2.75, 3.05) is 23.7 Å². The minimum atomic E-state index is -0.135. The molecular formula is C19H23FN2. The van der Waals surface area contributed by atoms with Gasteiger partial charge in [-0.2, -0.15) is 0 Å². The molecule has 1 aliphatic heterocycles. The van der Waals surface area contributed by atoms with E-state index in [2.05, 4.69) is 30.9 Å². The third kappa shape index (κ3) is 2.94. The van der Waals surface area contributed by atoms with Crippen LogP contribution in [0.1, 0.15) is 35.4 Å². The van der Waals surface area contributed by atoms with Crippen molar-refractivity contribution >= 4 is 11.4 Å². The molecule has 0 aromatic heterocycles. The van der Waals surface area contributed by atoms with Crippen LogP contribution in [0.2, 0.25) is 0 Å². The van der Waals surface area contributed by atoms with Crippen LogP contribution in [0.25, 0.3) is 0 Å². The Bertz CT molecular complexity index is 650. The highest BCUT2D eigenvalue weighted by Crippen LogP contribution is 2.32. The van der Waals surface area contributed by atoms with E-state index in [-0.39, 0.29) is 5.82 Å². The molecule has 1 heterocycles. The van der Waals surface area contributed by atoms with Crippen LogP contribution >= 0.6 is 0 Å². The van der Waals surface area contributed by atoms with Gasteiger partial charge in [-0.25, -0.2) is 4.39 Å². The predicted octanol–water partition coefficient (Wildman–Crippen LogP) is 4.41. The van der Waals surface area contributed by atoms with E-state index < -0.39 is 0 Å². The van der Waals surface area contributed by atoms with Crippen molar-refractivity contribution in [2.45, 2.75) is 32.6 Å². The van der Waals surface area contributed by atoms with Gasteiger partial charge in [0.2, 0.25) is 0 Å². The fourth-order valence-corrected chi connectivity index (χ4v) is 3.37. The molecule has 0 aliphatic carbocycles. The monoisotopic (exact) mass is 298 g/mol. The van der Waals surface area contributed by atoms with Crippen LogP contribution < -0.4 is 10.6 Å². The van der Waals surface area contributed by atoms with Crippen LogP contribution in [0.3, 0.4) is 0 Å². The number of nitrogens with two attached hydrogens (primary N) is 1. The summed E-state index contributed by atoms with van der Waals surface area (Å²) in [7, 11) is 0. The molecule has 0 atom stereocenters. The predicted molar refractivity (Wildman–Crippen MR) is 90.9 cm³/mol. The second-order valence-corrected chi connectivity index (χ2v) is 6.31. The molecule has 2 N–H and O–H groups in total. The Morgan fingerprint density at radius 1 is 1.05 bits per heavy atom. The number of halogens is 1. The van der Waals surface area contributed by atoms with E-state index in [0.717, 1.165) is 48.3 Å². The molecule has 0 saturated carbocycles. The van der Waals surface area contributed by atoms with Gasteiger partial charge in [0, 0.05) is 24.5 Å². The average molecular weight is 298 g/mol. The van der Waals surface area contributed by atoms with E-state index in [4.69, 9.17) is 5.73 Å². The molecule has 0 spiro atoms. The number of rotatable bonds is 2. The van der Waals surface area contributed by atoms with E-state index in [1.54, 1.807) is 6.07 Å². The molecule has 2 aromatic rings. The first-order chi connectivity index (χ1) is 10.5. The van der Waals surface area contributed by atoms with Gasteiger partial charge in [0.25, 0.3) is 0 Å². The number of aryl methyl sites for hydroxylation is 2. The van der Waals surface area contributed by atoms with Gasteiger partial charge in [-0.1, -0.05) is 12.1 Å². The number of hydrogen-bond acceptors (Lipinski definition) is 2. The van der Waals surface area contributed by atoms with E-state index in [1.165, 1.54) is 11.8 Å². The number of anilines is 2. The van der Waals surface area contributed by atoms with Crippen LogP contribution in [-0.4, -0.2) is 13.1 Å². The van der Waals surface area contributed by atoms with Crippen molar-refractivity contribution in [1.29, 1.82) is 0 Å². The largest absolute Gasteiger partial charge is 0.398 e. The Hall–Kier alpha value is -2.03. The highest BCUT2D eigenvalue weighted by atomic mass is 19.1. The SMILES string of the molecule is Cc1cc(N2CCC(c3cccc(F)c3)CC2)cc(C)c1N. The fourth-order valence-electron chi connectivity index (χ4n) is 3.37. The van der Waals surface area contributed by atoms with Crippen molar-refractivity contribution in [3.63, 3.8) is 0 Å². The second-order valence-electron chi connectivity index (χ2n) is 6.31. The molecular weight excluding hydrogens is 275 g/mol. The summed E-state index contributed by atoms with van der Waals surface area (Å²) in [4.78, 5) is 2.41. The van der Waals surface area contributed by atoms with Gasteiger partial charge in [-0.05, 0) is 73.6 Å². The molecule has 116 valence electrons. The number of piperidine rings is 1. The third-order valence-corrected chi connectivity index (χ3v) is 4.76. The van der Waals surface area contributed by atoms with Gasteiger partial charge in [0.15, 0.2) is 0 Å². The number of hydrogen-bond donors (Lipinski definition) is 1. The van der Waals surface area contributed by atoms with Crippen molar-refractivity contribution in [1.82, 2.24) is 0 Å². The van der Waals surface area contributed by atoms with Crippen LogP contribution in [0, 0.1) is 19.7 Å². The zero-order chi connectivity index (χ0) is 15.7. The molecule has 0 amide bonds. The molecule has 1 aliphatic rings. The maximum atomic E-state index is 13.4. The summed E-state index contributed by atoms with van der Waals surface area (Å²) in [5.41, 5.74) is 11.6. The van der Waals surface area contributed by atoms with E-state index in [9.17, 15) is 4.39 Å². The summed E-state index contributed by atoms with van der Waals surface area (Å²) in [6.07, 6.45) is 2.12. The molecule has 0 unspecified atom stereocenters. The lowest BCUT2D eigenvalue weighted by Gasteiger charge is -2.34. The average Bonchev–Trinajstić information content (AvgIpc) is 2.52. The Labute approximate surface area is 131 Å². The molecule has 0 bridgehead atoms. The molecule has 3 rings (SSSR count). The summed E-state index contributed by atoms with van der Waals surface area (Å²) in [5.74, 6) is 0.327. The molecule has 2 nitrogen and oxygen atoms in total. The van der Waals surface area contributed by atoms with E-state index in [1.807, 2.05) is 12.1 Å². The van der Waals surface area contributed by atoms with Gasteiger partial charge in [-0.3, -0.25) is 0 Å². The van der Waals surface area contributed by atoms with Crippen LogP contribution in [0.4, 0.5) is 15.8 Å².